The number of amides is 1. The molecular formula is C13H21N3O. The van der Waals surface area contributed by atoms with Crippen molar-refractivity contribution in [1.29, 1.82) is 0 Å². The third-order valence-electron chi connectivity index (χ3n) is 2.27. The molecular weight excluding hydrogens is 214 g/mol. The molecule has 94 valence electrons. The van der Waals surface area contributed by atoms with E-state index in [1.807, 2.05) is 39.8 Å². The highest BCUT2D eigenvalue weighted by Gasteiger charge is 2.14. The van der Waals surface area contributed by atoms with Gasteiger partial charge >= 0.3 is 0 Å². The number of aromatic nitrogens is 1. The summed E-state index contributed by atoms with van der Waals surface area (Å²) in [5.41, 5.74) is 0.895. The van der Waals surface area contributed by atoms with Gasteiger partial charge < -0.3 is 10.6 Å². The number of hydrogen-bond donors (Lipinski definition) is 2. The van der Waals surface area contributed by atoms with E-state index in [2.05, 4.69) is 15.6 Å². The first-order valence-corrected chi connectivity index (χ1v) is 5.83. The maximum absolute atomic E-state index is 11.6. The van der Waals surface area contributed by atoms with E-state index in [1.165, 1.54) is 0 Å². The predicted molar refractivity (Wildman–Crippen MR) is 68.6 cm³/mol. The molecule has 1 aromatic rings. The molecule has 0 aromatic carbocycles. The average molecular weight is 235 g/mol. The molecule has 0 bridgehead atoms. The summed E-state index contributed by atoms with van der Waals surface area (Å²) in [5, 5.41) is 6.08. The average Bonchev–Trinajstić information content (AvgIpc) is 2.25. The summed E-state index contributed by atoms with van der Waals surface area (Å²) in [7, 11) is 0. The molecule has 0 radical (unpaired) electrons. The van der Waals surface area contributed by atoms with Crippen molar-refractivity contribution in [3.8, 4) is 0 Å². The van der Waals surface area contributed by atoms with Crippen LogP contribution in [0, 0.1) is 0 Å². The van der Waals surface area contributed by atoms with Gasteiger partial charge in [-0.1, -0.05) is 6.07 Å². The van der Waals surface area contributed by atoms with Gasteiger partial charge in [-0.15, -0.1) is 0 Å². The molecule has 2 N–H and O–H groups in total. The molecule has 1 heterocycles. The van der Waals surface area contributed by atoms with Crippen molar-refractivity contribution in [2.45, 2.75) is 39.3 Å². The van der Waals surface area contributed by atoms with Crippen molar-refractivity contribution < 1.29 is 4.79 Å². The van der Waals surface area contributed by atoms with E-state index in [0.29, 0.717) is 6.54 Å². The summed E-state index contributed by atoms with van der Waals surface area (Å²) in [6.07, 6.45) is 3.54. The van der Waals surface area contributed by atoms with Crippen molar-refractivity contribution in [1.82, 2.24) is 15.6 Å². The Kier molecular flexibility index (Phi) is 4.63. The minimum Gasteiger partial charge on any atom is -0.350 e. The van der Waals surface area contributed by atoms with E-state index < -0.39 is 0 Å². The van der Waals surface area contributed by atoms with Crippen LogP contribution in [0.4, 0.5) is 0 Å². The van der Waals surface area contributed by atoms with Crippen LogP contribution >= 0.6 is 0 Å². The van der Waals surface area contributed by atoms with Gasteiger partial charge in [-0.3, -0.25) is 9.78 Å². The standard InChI is InChI=1S/C13H21N3O/c1-10(11-6-5-7-14-8-11)15-9-12(17)16-13(2,3)4/h5-8,10,15H,9H2,1-4H3,(H,16,17)/t10-/m0/s1. The topological polar surface area (TPSA) is 54.0 Å². The third kappa shape index (κ3) is 5.45. The summed E-state index contributed by atoms with van der Waals surface area (Å²) < 4.78 is 0. The highest BCUT2D eigenvalue weighted by molar-refractivity contribution is 5.78. The molecule has 1 aromatic heterocycles. The van der Waals surface area contributed by atoms with E-state index in [0.717, 1.165) is 5.56 Å². The fourth-order valence-corrected chi connectivity index (χ4v) is 1.46. The van der Waals surface area contributed by atoms with Crippen LogP contribution in [0.3, 0.4) is 0 Å². The van der Waals surface area contributed by atoms with Crippen molar-refractivity contribution in [2.24, 2.45) is 0 Å². The lowest BCUT2D eigenvalue weighted by molar-refractivity contribution is -0.121. The van der Waals surface area contributed by atoms with Crippen molar-refractivity contribution in [3.05, 3.63) is 30.1 Å². The van der Waals surface area contributed by atoms with Crippen LogP contribution in [0.25, 0.3) is 0 Å². The zero-order valence-electron chi connectivity index (χ0n) is 10.9. The van der Waals surface area contributed by atoms with E-state index in [9.17, 15) is 4.79 Å². The van der Waals surface area contributed by atoms with Gasteiger partial charge in [0.15, 0.2) is 0 Å². The van der Waals surface area contributed by atoms with Crippen LogP contribution in [0.5, 0.6) is 0 Å². The van der Waals surface area contributed by atoms with E-state index in [4.69, 9.17) is 0 Å². The van der Waals surface area contributed by atoms with Crippen LogP contribution in [0.1, 0.15) is 39.3 Å². The molecule has 0 unspecified atom stereocenters. The molecule has 0 aliphatic heterocycles. The number of carbonyl (C=O) groups is 1. The van der Waals surface area contributed by atoms with Crippen LogP contribution < -0.4 is 10.6 Å². The Morgan fingerprint density at radius 2 is 2.18 bits per heavy atom. The minimum absolute atomic E-state index is 0.00763. The number of nitrogens with zero attached hydrogens (tertiary/aromatic N) is 1. The molecule has 17 heavy (non-hydrogen) atoms. The Bertz CT molecular complexity index is 357. The molecule has 4 heteroatoms. The maximum Gasteiger partial charge on any atom is 0.234 e. The molecule has 0 aliphatic rings. The van der Waals surface area contributed by atoms with E-state index in [1.54, 1.807) is 12.4 Å². The molecule has 0 saturated heterocycles. The van der Waals surface area contributed by atoms with Crippen LogP contribution in [-0.4, -0.2) is 23.0 Å². The Morgan fingerprint density at radius 1 is 1.47 bits per heavy atom. The molecule has 0 spiro atoms. The van der Waals surface area contributed by atoms with Gasteiger partial charge in [0.2, 0.25) is 5.91 Å². The first kappa shape index (κ1) is 13.6. The molecule has 0 fully saturated rings. The molecule has 1 rings (SSSR count). The lowest BCUT2D eigenvalue weighted by Gasteiger charge is -2.21. The monoisotopic (exact) mass is 235 g/mol. The van der Waals surface area contributed by atoms with Crippen molar-refractivity contribution in [3.63, 3.8) is 0 Å². The van der Waals surface area contributed by atoms with Crippen molar-refractivity contribution >= 4 is 5.91 Å². The molecule has 0 saturated carbocycles. The Balaban J connectivity index is 2.39. The summed E-state index contributed by atoms with van der Waals surface area (Å²) in [6, 6.07) is 4.00. The summed E-state index contributed by atoms with van der Waals surface area (Å²) >= 11 is 0. The van der Waals surface area contributed by atoms with E-state index in [-0.39, 0.29) is 17.5 Å². The molecule has 4 nitrogen and oxygen atoms in total. The van der Waals surface area contributed by atoms with Gasteiger partial charge in [0.1, 0.15) is 0 Å². The molecule has 1 atom stereocenters. The second kappa shape index (κ2) is 5.77. The number of rotatable bonds is 4. The number of nitrogens with one attached hydrogen (secondary N) is 2. The van der Waals surface area contributed by atoms with Crippen LogP contribution in [0.15, 0.2) is 24.5 Å². The third-order valence-corrected chi connectivity index (χ3v) is 2.27. The number of pyridine rings is 1. The first-order chi connectivity index (χ1) is 7.88. The van der Waals surface area contributed by atoms with E-state index >= 15 is 0 Å². The summed E-state index contributed by atoms with van der Waals surface area (Å²) in [4.78, 5) is 15.7. The lowest BCUT2D eigenvalue weighted by Crippen LogP contribution is -2.45. The lowest BCUT2D eigenvalue weighted by atomic mass is 10.1. The molecule has 1 amide bonds. The minimum atomic E-state index is -0.184. The molecule has 0 aliphatic carbocycles. The quantitative estimate of drug-likeness (QED) is 0.834. The van der Waals surface area contributed by atoms with Gasteiger partial charge in [0.25, 0.3) is 0 Å². The fraction of sp³-hybridized carbons (Fsp3) is 0.538. The van der Waals surface area contributed by atoms with Gasteiger partial charge in [0, 0.05) is 24.0 Å². The van der Waals surface area contributed by atoms with Crippen LogP contribution in [0.2, 0.25) is 0 Å². The van der Waals surface area contributed by atoms with Gasteiger partial charge in [-0.05, 0) is 39.3 Å². The summed E-state index contributed by atoms with van der Waals surface area (Å²) in [5.74, 6) is 0.00763. The largest absolute Gasteiger partial charge is 0.350 e. The van der Waals surface area contributed by atoms with Crippen LogP contribution in [-0.2, 0) is 4.79 Å². The number of carbonyl (C=O) groups excluding carboxylic acids is 1. The fourth-order valence-electron chi connectivity index (χ4n) is 1.46. The second-order valence-corrected chi connectivity index (χ2v) is 5.19. The zero-order valence-corrected chi connectivity index (χ0v) is 10.9. The second-order valence-electron chi connectivity index (χ2n) is 5.19. The Hall–Kier alpha value is -1.42. The highest BCUT2D eigenvalue weighted by atomic mass is 16.2. The van der Waals surface area contributed by atoms with Gasteiger partial charge in [0.05, 0.1) is 6.54 Å². The maximum atomic E-state index is 11.6. The summed E-state index contributed by atoms with van der Waals surface area (Å²) in [6.45, 7) is 8.23. The first-order valence-electron chi connectivity index (χ1n) is 5.83. The van der Waals surface area contributed by atoms with Crippen molar-refractivity contribution in [2.75, 3.05) is 6.54 Å². The Labute approximate surface area is 103 Å². The zero-order chi connectivity index (χ0) is 12.9. The number of hydrogen-bond acceptors (Lipinski definition) is 3. The highest BCUT2D eigenvalue weighted by Crippen LogP contribution is 2.09. The van der Waals surface area contributed by atoms with Gasteiger partial charge in [-0.25, -0.2) is 0 Å². The Morgan fingerprint density at radius 3 is 2.71 bits per heavy atom. The predicted octanol–water partition coefficient (Wildman–Crippen LogP) is 1.65. The van der Waals surface area contributed by atoms with Gasteiger partial charge in [-0.2, -0.15) is 0 Å². The smallest absolute Gasteiger partial charge is 0.234 e. The normalized spacial score (nSPS) is 13.2. The SMILES string of the molecule is C[C@H](NCC(=O)NC(C)(C)C)c1cccnc1.